The van der Waals surface area contributed by atoms with Crippen molar-refractivity contribution in [1.82, 2.24) is 5.32 Å². The SMILES string of the molecule is COc1cc(C(=O)Nc2ccc(CC(=O)NC3CC3)cc2)ccc1OC(C)C. The van der Waals surface area contributed by atoms with Gasteiger partial charge in [-0.05, 0) is 62.6 Å². The summed E-state index contributed by atoms with van der Waals surface area (Å²) >= 11 is 0. The van der Waals surface area contributed by atoms with Crippen LogP contribution in [0.25, 0.3) is 0 Å². The molecule has 28 heavy (non-hydrogen) atoms. The van der Waals surface area contributed by atoms with Crippen LogP contribution >= 0.6 is 0 Å². The number of carbonyl (C=O) groups is 2. The average Bonchev–Trinajstić information content (AvgIpc) is 3.47. The number of hydrogen-bond donors (Lipinski definition) is 2. The number of carbonyl (C=O) groups excluding carboxylic acids is 2. The Bertz CT molecular complexity index is 842. The Morgan fingerprint density at radius 3 is 2.39 bits per heavy atom. The molecule has 0 spiro atoms. The van der Waals surface area contributed by atoms with E-state index < -0.39 is 0 Å². The summed E-state index contributed by atoms with van der Waals surface area (Å²) in [5.41, 5.74) is 2.05. The number of nitrogens with one attached hydrogen (secondary N) is 2. The number of rotatable bonds is 8. The smallest absolute Gasteiger partial charge is 0.255 e. The molecule has 0 bridgehead atoms. The molecule has 0 aliphatic heterocycles. The van der Waals surface area contributed by atoms with Crippen molar-refractivity contribution >= 4 is 17.5 Å². The van der Waals surface area contributed by atoms with Crippen LogP contribution in [0.5, 0.6) is 11.5 Å². The van der Waals surface area contributed by atoms with E-state index in [0.29, 0.717) is 35.2 Å². The Kier molecular flexibility index (Phi) is 6.19. The Hall–Kier alpha value is -3.02. The van der Waals surface area contributed by atoms with Crippen molar-refractivity contribution in [1.29, 1.82) is 0 Å². The highest BCUT2D eigenvalue weighted by Crippen LogP contribution is 2.29. The lowest BCUT2D eigenvalue weighted by Crippen LogP contribution is -2.26. The fraction of sp³-hybridized carbons (Fsp3) is 0.364. The number of benzene rings is 2. The lowest BCUT2D eigenvalue weighted by atomic mass is 10.1. The fourth-order valence-corrected chi connectivity index (χ4v) is 2.76. The lowest BCUT2D eigenvalue weighted by molar-refractivity contribution is -0.120. The number of hydrogen-bond acceptors (Lipinski definition) is 4. The predicted octanol–water partition coefficient (Wildman–Crippen LogP) is 3.56. The number of anilines is 1. The average molecular weight is 382 g/mol. The summed E-state index contributed by atoms with van der Waals surface area (Å²) in [4.78, 5) is 24.4. The minimum Gasteiger partial charge on any atom is -0.493 e. The molecule has 2 aromatic rings. The molecule has 6 heteroatoms. The first-order valence-electron chi connectivity index (χ1n) is 9.49. The minimum atomic E-state index is -0.242. The van der Waals surface area contributed by atoms with Gasteiger partial charge < -0.3 is 20.1 Å². The normalized spacial score (nSPS) is 13.1. The highest BCUT2D eigenvalue weighted by molar-refractivity contribution is 6.04. The van der Waals surface area contributed by atoms with E-state index in [-0.39, 0.29) is 17.9 Å². The predicted molar refractivity (Wildman–Crippen MR) is 108 cm³/mol. The standard InChI is InChI=1S/C22H26N2O4/c1-14(2)28-19-11-6-16(13-20(19)27-3)22(26)24-18-7-4-15(5-8-18)12-21(25)23-17-9-10-17/h4-8,11,13-14,17H,9-10,12H2,1-3H3,(H,23,25)(H,24,26). The number of ether oxygens (including phenoxy) is 2. The van der Waals surface area contributed by atoms with E-state index in [1.54, 1.807) is 37.4 Å². The molecule has 6 nitrogen and oxygen atoms in total. The second kappa shape index (κ2) is 8.78. The van der Waals surface area contributed by atoms with Crippen LogP contribution in [0.2, 0.25) is 0 Å². The molecule has 0 aromatic heterocycles. The van der Waals surface area contributed by atoms with Crippen molar-refractivity contribution in [3.05, 3.63) is 53.6 Å². The molecule has 1 aliphatic rings. The van der Waals surface area contributed by atoms with Gasteiger partial charge in [0.15, 0.2) is 11.5 Å². The van der Waals surface area contributed by atoms with Crippen LogP contribution in [0.1, 0.15) is 42.6 Å². The first-order chi connectivity index (χ1) is 13.4. The van der Waals surface area contributed by atoms with Gasteiger partial charge >= 0.3 is 0 Å². The fourth-order valence-electron chi connectivity index (χ4n) is 2.76. The molecule has 0 unspecified atom stereocenters. The zero-order valence-corrected chi connectivity index (χ0v) is 16.5. The second-order valence-corrected chi connectivity index (χ2v) is 7.20. The molecule has 2 N–H and O–H groups in total. The van der Waals surface area contributed by atoms with Crippen molar-refractivity contribution in [3.8, 4) is 11.5 Å². The van der Waals surface area contributed by atoms with Crippen LogP contribution in [0.3, 0.4) is 0 Å². The van der Waals surface area contributed by atoms with Crippen molar-refractivity contribution in [3.63, 3.8) is 0 Å². The third-order valence-corrected chi connectivity index (χ3v) is 4.31. The van der Waals surface area contributed by atoms with Crippen molar-refractivity contribution in [2.24, 2.45) is 0 Å². The van der Waals surface area contributed by atoms with Gasteiger partial charge in [-0.1, -0.05) is 12.1 Å². The molecule has 1 aliphatic carbocycles. The van der Waals surface area contributed by atoms with Crippen molar-refractivity contribution < 1.29 is 19.1 Å². The van der Waals surface area contributed by atoms with E-state index in [1.165, 1.54) is 0 Å². The molecule has 0 saturated heterocycles. The number of methoxy groups -OCH3 is 1. The molecular formula is C22H26N2O4. The first kappa shape index (κ1) is 19.7. The van der Waals surface area contributed by atoms with Crippen LogP contribution in [-0.4, -0.2) is 31.1 Å². The monoisotopic (exact) mass is 382 g/mol. The maximum absolute atomic E-state index is 12.5. The maximum Gasteiger partial charge on any atom is 0.255 e. The van der Waals surface area contributed by atoms with Crippen LogP contribution in [0, 0.1) is 0 Å². The molecule has 3 rings (SSSR count). The van der Waals surface area contributed by atoms with Crippen LogP contribution in [-0.2, 0) is 11.2 Å². The quantitative estimate of drug-likeness (QED) is 0.732. The number of amides is 2. The second-order valence-electron chi connectivity index (χ2n) is 7.20. The first-order valence-corrected chi connectivity index (χ1v) is 9.49. The van der Waals surface area contributed by atoms with Crippen LogP contribution in [0.4, 0.5) is 5.69 Å². The highest BCUT2D eigenvalue weighted by Gasteiger charge is 2.23. The van der Waals surface area contributed by atoms with E-state index in [2.05, 4.69) is 10.6 Å². The largest absolute Gasteiger partial charge is 0.493 e. The lowest BCUT2D eigenvalue weighted by Gasteiger charge is -2.14. The third-order valence-electron chi connectivity index (χ3n) is 4.31. The van der Waals surface area contributed by atoms with E-state index >= 15 is 0 Å². The minimum absolute atomic E-state index is 0.0125. The van der Waals surface area contributed by atoms with Gasteiger partial charge in [-0.3, -0.25) is 9.59 Å². The van der Waals surface area contributed by atoms with Gasteiger partial charge in [0.2, 0.25) is 5.91 Å². The van der Waals surface area contributed by atoms with Gasteiger partial charge in [-0.15, -0.1) is 0 Å². The summed E-state index contributed by atoms with van der Waals surface area (Å²) in [6, 6.07) is 12.7. The summed E-state index contributed by atoms with van der Waals surface area (Å²) < 4.78 is 11.0. The van der Waals surface area contributed by atoms with Gasteiger partial charge in [0.25, 0.3) is 5.91 Å². The van der Waals surface area contributed by atoms with E-state index in [0.717, 1.165) is 18.4 Å². The van der Waals surface area contributed by atoms with Crippen LogP contribution in [0.15, 0.2) is 42.5 Å². The Balaban J connectivity index is 1.61. The van der Waals surface area contributed by atoms with Gasteiger partial charge in [-0.2, -0.15) is 0 Å². The summed E-state index contributed by atoms with van der Waals surface area (Å²) in [5.74, 6) is 0.907. The van der Waals surface area contributed by atoms with Crippen molar-refractivity contribution in [2.45, 2.75) is 45.3 Å². The molecule has 1 saturated carbocycles. The molecular weight excluding hydrogens is 356 g/mol. The Morgan fingerprint density at radius 2 is 1.79 bits per heavy atom. The summed E-state index contributed by atoms with van der Waals surface area (Å²) in [5, 5.41) is 5.82. The Morgan fingerprint density at radius 1 is 1.07 bits per heavy atom. The Labute approximate surface area is 165 Å². The van der Waals surface area contributed by atoms with Gasteiger partial charge in [0.1, 0.15) is 0 Å². The zero-order valence-electron chi connectivity index (χ0n) is 16.5. The van der Waals surface area contributed by atoms with Gasteiger partial charge in [0.05, 0.1) is 19.6 Å². The molecule has 148 valence electrons. The maximum atomic E-state index is 12.5. The summed E-state index contributed by atoms with van der Waals surface area (Å²) in [6.45, 7) is 3.86. The van der Waals surface area contributed by atoms with E-state index in [9.17, 15) is 9.59 Å². The highest BCUT2D eigenvalue weighted by atomic mass is 16.5. The molecule has 2 amide bonds. The molecule has 0 heterocycles. The summed E-state index contributed by atoms with van der Waals surface area (Å²) in [7, 11) is 1.54. The zero-order chi connectivity index (χ0) is 20.1. The van der Waals surface area contributed by atoms with Gasteiger partial charge in [-0.25, -0.2) is 0 Å². The molecule has 0 radical (unpaired) electrons. The third kappa shape index (κ3) is 5.49. The summed E-state index contributed by atoms with van der Waals surface area (Å²) in [6.07, 6.45) is 2.51. The van der Waals surface area contributed by atoms with Crippen molar-refractivity contribution in [2.75, 3.05) is 12.4 Å². The van der Waals surface area contributed by atoms with E-state index in [4.69, 9.17) is 9.47 Å². The van der Waals surface area contributed by atoms with Gasteiger partial charge in [0, 0.05) is 17.3 Å². The van der Waals surface area contributed by atoms with E-state index in [1.807, 2.05) is 26.0 Å². The van der Waals surface area contributed by atoms with Crippen LogP contribution < -0.4 is 20.1 Å². The molecule has 1 fully saturated rings. The molecule has 0 atom stereocenters. The topological polar surface area (TPSA) is 76.7 Å². The molecule has 2 aromatic carbocycles.